The minimum Gasteiger partial charge on any atom is -0.479 e. The highest BCUT2D eigenvalue weighted by atomic mass is 16.7. The molecule has 8 aliphatic rings. The Kier molecular flexibility index (Phi) is 20.9. The molecule has 0 aromatic rings. The van der Waals surface area contributed by atoms with Crippen molar-refractivity contribution >= 4 is 23.6 Å². The number of carbonyl (C=O) groups excluding carboxylic acids is 3. The molecule has 8 rings (SSSR count). The molecular formula is C59H98N2O17. The van der Waals surface area contributed by atoms with Crippen LogP contribution in [0, 0.1) is 64.1 Å². The lowest BCUT2D eigenvalue weighted by Crippen LogP contribution is -2.67. The highest BCUT2D eigenvalue weighted by molar-refractivity contribution is 5.81. The maximum absolute atomic E-state index is 14.3. The highest BCUT2D eigenvalue weighted by Crippen LogP contribution is 2.68. The van der Waals surface area contributed by atoms with Gasteiger partial charge >= 0.3 is 5.97 Å². The number of carbonyl (C=O) groups is 4. The van der Waals surface area contributed by atoms with Gasteiger partial charge in [-0.05, 0) is 149 Å². The predicted molar refractivity (Wildman–Crippen MR) is 284 cm³/mol. The van der Waals surface area contributed by atoms with Gasteiger partial charge in [0.25, 0.3) is 0 Å². The third kappa shape index (κ3) is 13.3. The number of carboxylic acids is 1. The number of carboxylic acid groups (broad SMARTS) is 1. The average Bonchev–Trinajstić information content (AvgIpc) is 3.87. The van der Waals surface area contributed by atoms with Crippen LogP contribution in [0.1, 0.15) is 176 Å². The van der Waals surface area contributed by atoms with E-state index in [2.05, 4.69) is 31.4 Å². The molecule has 19 heteroatoms. The third-order valence-corrected chi connectivity index (χ3v) is 21.6. The van der Waals surface area contributed by atoms with Crippen molar-refractivity contribution in [2.75, 3.05) is 13.2 Å². The van der Waals surface area contributed by atoms with Crippen molar-refractivity contribution in [2.24, 2.45) is 64.1 Å². The van der Waals surface area contributed by atoms with E-state index in [-0.39, 0.29) is 65.8 Å². The van der Waals surface area contributed by atoms with Crippen molar-refractivity contribution < 1.29 is 83.7 Å². The summed E-state index contributed by atoms with van der Waals surface area (Å²) in [6.45, 7) is 11.4. The van der Waals surface area contributed by atoms with Gasteiger partial charge in [0.15, 0.2) is 18.7 Å². The number of Topliss-reactive ketones (excluding diaryl/α,β-unsaturated/α-hetero) is 1. The molecule has 8 fully saturated rings. The summed E-state index contributed by atoms with van der Waals surface area (Å²) >= 11 is 0. The largest absolute Gasteiger partial charge is 0.479 e. The Morgan fingerprint density at radius 2 is 1.49 bits per heavy atom. The van der Waals surface area contributed by atoms with Gasteiger partial charge in [0.1, 0.15) is 48.4 Å². The van der Waals surface area contributed by atoms with Gasteiger partial charge in [-0.25, -0.2) is 4.79 Å². The van der Waals surface area contributed by atoms with Crippen LogP contribution in [-0.4, -0.2) is 169 Å². The number of rotatable bonds is 21. The van der Waals surface area contributed by atoms with Crippen LogP contribution < -0.4 is 10.6 Å². The predicted octanol–water partition coefficient (Wildman–Crippen LogP) is 4.28. The lowest BCUT2D eigenvalue weighted by Gasteiger charge is -2.62. The summed E-state index contributed by atoms with van der Waals surface area (Å²) in [5.41, 5.74) is 0.272. The highest BCUT2D eigenvalue weighted by Gasteiger charge is 2.63. The van der Waals surface area contributed by atoms with Crippen molar-refractivity contribution in [1.82, 2.24) is 10.6 Å². The summed E-state index contributed by atoms with van der Waals surface area (Å²) < 4.78 is 31.6. The van der Waals surface area contributed by atoms with Gasteiger partial charge in [-0.2, -0.15) is 0 Å². The first-order chi connectivity index (χ1) is 37.1. The molecular weight excluding hydrogens is 1010 g/mol. The molecule has 0 radical (unpaired) electrons. The van der Waals surface area contributed by atoms with Gasteiger partial charge in [-0.3, -0.25) is 14.4 Å². The van der Waals surface area contributed by atoms with E-state index in [1.807, 2.05) is 6.92 Å². The van der Waals surface area contributed by atoms with Crippen LogP contribution in [0.2, 0.25) is 0 Å². The molecule has 2 heterocycles. The summed E-state index contributed by atoms with van der Waals surface area (Å²) in [6.07, 6.45) is -1.48. The van der Waals surface area contributed by atoms with E-state index in [0.29, 0.717) is 61.8 Å². The van der Waals surface area contributed by atoms with E-state index >= 15 is 0 Å². The number of aliphatic hydroxyl groups excluding tert-OH is 7. The normalized spacial score (nSPS) is 44.8. The van der Waals surface area contributed by atoms with Crippen LogP contribution in [0.15, 0.2) is 0 Å². The lowest BCUT2D eigenvalue weighted by atomic mass is 9.43. The second kappa shape index (κ2) is 26.5. The molecule has 10 N–H and O–H groups in total. The number of amides is 2. The molecule has 25 atom stereocenters. The molecule has 2 saturated heterocycles. The number of fused-ring (bicyclic) bond motifs is 5. The van der Waals surface area contributed by atoms with Gasteiger partial charge in [0.2, 0.25) is 11.8 Å². The standard InChI is InChI=1S/C59H98N2O17/c1-7-34-25-35(41(65)14-11-23-60-46(67)18-15-30(2)38-16-17-39-47-40(20-22-59(38,39)6)58(5)21-19-37(64)27-36(58)28-42(47)66)26-43(53(34)78-57-52(71)51(70)49(68)31(3)74-57)76-56-48(61-32(4)63)54(50(69)45(29-62)77-56)75-44(55(72)73)24-33-12-9-8-10-13-33/h30-31,33-40,42-45,47-54,56-57,62,64,66,68-71H,7-29H2,1-6H3,(H,60,67)(H,61,63)(H,72,73)/t30-,31+,34?,35?,36?,37-,38-,39?,40?,42?,43-,44+,45+,47?,48?,49+,50+,51?,52+,53-,54?,56-,57?,58+,59-/m1/s1. The molecule has 19 nitrogen and oxygen atoms in total. The Morgan fingerprint density at radius 1 is 0.769 bits per heavy atom. The van der Waals surface area contributed by atoms with Crippen LogP contribution >= 0.6 is 0 Å². The van der Waals surface area contributed by atoms with Gasteiger partial charge in [0.05, 0.1) is 37.1 Å². The second-order valence-electron chi connectivity index (χ2n) is 26.3. The smallest absolute Gasteiger partial charge is 0.332 e. The fraction of sp³-hybridized carbons (Fsp3) is 0.932. The first-order valence-corrected chi connectivity index (χ1v) is 30.3. The summed E-state index contributed by atoms with van der Waals surface area (Å²) in [6, 6.07) is -1.31. The number of hydrogen-bond donors (Lipinski definition) is 10. The van der Waals surface area contributed by atoms with Gasteiger partial charge in [-0.1, -0.05) is 66.2 Å². The van der Waals surface area contributed by atoms with Crippen LogP contribution in [0.3, 0.4) is 0 Å². The molecule has 0 aromatic carbocycles. The zero-order chi connectivity index (χ0) is 56.4. The monoisotopic (exact) mass is 1110 g/mol. The molecule has 446 valence electrons. The van der Waals surface area contributed by atoms with Crippen molar-refractivity contribution in [1.29, 1.82) is 0 Å². The first-order valence-electron chi connectivity index (χ1n) is 30.3. The number of aliphatic hydroxyl groups is 7. The molecule has 2 aliphatic heterocycles. The number of hydrogen-bond acceptors (Lipinski definition) is 16. The lowest BCUT2D eigenvalue weighted by molar-refractivity contribution is -0.338. The summed E-state index contributed by atoms with van der Waals surface area (Å²) in [4.78, 5) is 53.3. The van der Waals surface area contributed by atoms with E-state index in [4.69, 9.17) is 23.7 Å². The Labute approximate surface area is 462 Å². The minimum absolute atomic E-state index is 0.0586. The van der Waals surface area contributed by atoms with E-state index in [0.717, 1.165) is 89.9 Å². The molecule has 6 saturated carbocycles. The Balaban J connectivity index is 0.900. The summed E-state index contributed by atoms with van der Waals surface area (Å²) in [5, 5.41) is 92.8. The quantitative estimate of drug-likeness (QED) is 0.0718. The van der Waals surface area contributed by atoms with E-state index in [9.17, 15) is 60.0 Å². The Bertz CT molecular complexity index is 2010. The number of ketones is 1. The number of ether oxygens (including phenoxy) is 5. The maximum atomic E-state index is 14.3. The average molecular weight is 1110 g/mol. The topological polar surface area (TPSA) is 300 Å². The second-order valence-corrected chi connectivity index (χ2v) is 26.3. The molecule has 6 aliphatic carbocycles. The minimum atomic E-state index is -1.66. The van der Waals surface area contributed by atoms with E-state index < -0.39 is 110 Å². The molecule has 0 bridgehead atoms. The molecule has 78 heavy (non-hydrogen) atoms. The van der Waals surface area contributed by atoms with Gasteiger partial charge in [-0.15, -0.1) is 0 Å². The van der Waals surface area contributed by atoms with Crippen LogP contribution in [0.5, 0.6) is 0 Å². The molecule has 2 amide bonds. The van der Waals surface area contributed by atoms with Crippen molar-refractivity contribution in [3.63, 3.8) is 0 Å². The third-order valence-electron chi connectivity index (χ3n) is 21.6. The van der Waals surface area contributed by atoms with Crippen LogP contribution in [0.4, 0.5) is 0 Å². The van der Waals surface area contributed by atoms with E-state index in [1.54, 1.807) is 0 Å². The van der Waals surface area contributed by atoms with Gasteiger partial charge in [0, 0.05) is 32.2 Å². The molecule has 0 spiro atoms. The number of nitrogens with one attached hydrogen (secondary N) is 2. The van der Waals surface area contributed by atoms with Crippen LogP contribution in [-0.2, 0) is 42.9 Å². The SMILES string of the molecule is CCC1CC(C(=O)CCCNC(=O)CC[C@@H](C)[C@H]2CCC3C4C(O)CC5C[C@H](O)CC[C@]5(C)C4CC[C@@]32C)C[C@@H](O[C@@H]2O[C@@H](CO)[C@H](O)C(O[C@@H](CC3CCCCC3)C(=O)O)C2NC(C)=O)[C@@H]1OC1O[C@@H](C)[C@H](O)C(O)[C@@H]1O. The van der Waals surface area contributed by atoms with Crippen molar-refractivity contribution in [3.8, 4) is 0 Å². The first kappa shape index (κ1) is 61.7. The van der Waals surface area contributed by atoms with Crippen LogP contribution in [0.25, 0.3) is 0 Å². The Morgan fingerprint density at radius 3 is 2.18 bits per heavy atom. The maximum Gasteiger partial charge on any atom is 0.332 e. The van der Waals surface area contributed by atoms with Crippen molar-refractivity contribution in [3.05, 3.63) is 0 Å². The Hall–Kier alpha value is -2.40. The van der Waals surface area contributed by atoms with E-state index in [1.165, 1.54) is 13.8 Å². The fourth-order valence-corrected chi connectivity index (χ4v) is 17.1. The van der Waals surface area contributed by atoms with Gasteiger partial charge < -0.3 is 75.2 Å². The summed E-state index contributed by atoms with van der Waals surface area (Å²) in [7, 11) is 0. The zero-order valence-electron chi connectivity index (χ0n) is 47.4. The molecule has 11 unspecified atom stereocenters. The summed E-state index contributed by atoms with van der Waals surface area (Å²) in [5.74, 6) is -0.483. The van der Waals surface area contributed by atoms with Crippen molar-refractivity contribution in [2.45, 2.75) is 268 Å². The fourth-order valence-electron chi connectivity index (χ4n) is 17.1. The number of aliphatic carboxylic acids is 1. The zero-order valence-corrected chi connectivity index (χ0v) is 47.4. The molecule has 0 aromatic heterocycles.